The number of amides is 1. The van der Waals surface area contributed by atoms with Crippen LogP contribution in [0, 0.1) is 0 Å². The van der Waals surface area contributed by atoms with Crippen LogP contribution in [0.25, 0.3) is 0 Å². The lowest BCUT2D eigenvalue weighted by molar-refractivity contribution is -0.129. The maximum absolute atomic E-state index is 11.7. The SMILES string of the molecule is CCCCCCCCCC(=O)CC(=O)NC1CCC[C@@H]1O. The molecule has 4 heteroatoms. The van der Waals surface area contributed by atoms with Crippen LogP contribution in [-0.2, 0) is 9.59 Å². The molecule has 1 saturated carbocycles. The molecular formula is C17H31NO3. The van der Waals surface area contributed by atoms with Gasteiger partial charge in [0.2, 0.25) is 5.91 Å². The molecule has 0 aromatic heterocycles. The van der Waals surface area contributed by atoms with Crippen molar-refractivity contribution in [1.29, 1.82) is 0 Å². The molecule has 2 atom stereocenters. The molecule has 4 nitrogen and oxygen atoms in total. The summed E-state index contributed by atoms with van der Waals surface area (Å²) < 4.78 is 0. The normalized spacial score (nSPS) is 21.4. The van der Waals surface area contributed by atoms with E-state index in [1.54, 1.807) is 0 Å². The van der Waals surface area contributed by atoms with E-state index < -0.39 is 6.10 Å². The zero-order valence-corrected chi connectivity index (χ0v) is 13.4. The van der Waals surface area contributed by atoms with Crippen molar-refractivity contribution in [2.24, 2.45) is 0 Å². The van der Waals surface area contributed by atoms with Crippen LogP contribution in [0.2, 0.25) is 0 Å². The van der Waals surface area contributed by atoms with Crippen molar-refractivity contribution in [3.8, 4) is 0 Å². The fourth-order valence-corrected chi connectivity index (χ4v) is 2.91. The van der Waals surface area contributed by atoms with Gasteiger partial charge in [-0.3, -0.25) is 9.59 Å². The van der Waals surface area contributed by atoms with Crippen LogP contribution >= 0.6 is 0 Å². The summed E-state index contributed by atoms with van der Waals surface area (Å²) in [5.74, 6) is -0.206. The van der Waals surface area contributed by atoms with Crippen molar-refractivity contribution in [3.05, 3.63) is 0 Å². The molecule has 1 rings (SSSR count). The number of ketones is 1. The zero-order chi connectivity index (χ0) is 15.5. The van der Waals surface area contributed by atoms with Crippen molar-refractivity contribution in [1.82, 2.24) is 5.32 Å². The zero-order valence-electron chi connectivity index (χ0n) is 13.4. The molecular weight excluding hydrogens is 266 g/mol. The second-order valence-corrected chi connectivity index (χ2v) is 6.26. The van der Waals surface area contributed by atoms with Crippen LogP contribution < -0.4 is 5.32 Å². The van der Waals surface area contributed by atoms with E-state index >= 15 is 0 Å². The topological polar surface area (TPSA) is 66.4 Å². The Morgan fingerprint density at radius 3 is 2.33 bits per heavy atom. The number of carbonyl (C=O) groups is 2. The summed E-state index contributed by atoms with van der Waals surface area (Å²) >= 11 is 0. The van der Waals surface area contributed by atoms with Gasteiger partial charge in [0, 0.05) is 6.42 Å². The molecule has 1 fully saturated rings. The van der Waals surface area contributed by atoms with E-state index in [2.05, 4.69) is 12.2 Å². The highest BCUT2D eigenvalue weighted by Crippen LogP contribution is 2.18. The molecule has 0 aromatic rings. The smallest absolute Gasteiger partial charge is 0.227 e. The van der Waals surface area contributed by atoms with Gasteiger partial charge < -0.3 is 10.4 Å². The number of rotatable bonds is 11. The molecule has 0 spiro atoms. The van der Waals surface area contributed by atoms with Crippen molar-refractivity contribution >= 4 is 11.7 Å². The van der Waals surface area contributed by atoms with Gasteiger partial charge in [0.1, 0.15) is 5.78 Å². The summed E-state index contributed by atoms with van der Waals surface area (Å²) in [6.07, 6.45) is 10.8. The van der Waals surface area contributed by atoms with Crippen LogP contribution in [0.1, 0.15) is 84.0 Å². The van der Waals surface area contributed by atoms with Gasteiger partial charge in [0.15, 0.2) is 0 Å². The van der Waals surface area contributed by atoms with E-state index in [4.69, 9.17) is 0 Å². The van der Waals surface area contributed by atoms with E-state index in [9.17, 15) is 14.7 Å². The minimum absolute atomic E-state index is 0.0218. The van der Waals surface area contributed by atoms with Gasteiger partial charge in [-0.25, -0.2) is 0 Å². The molecule has 1 aliphatic carbocycles. The Bertz CT molecular complexity index is 317. The Kier molecular flexibility index (Phi) is 9.31. The van der Waals surface area contributed by atoms with Crippen molar-refractivity contribution in [2.45, 2.75) is 96.1 Å². The lowest BCUT2D eigenvalue weighted by Gasteiger charge is -2.15. The third-order valence-electron chi connectivity index (χ3n) is 4.24. The van der Waals surface area contributed by atoms with Crippen molar-refractivity contribution < 1.29 is 14.7 Å². The van der Waals surface area contributed by atoms with E-state index in [0.717, 1.165) is 32.1 Å². The van der Waals surface area contributed by atoms with E-state index in [1.165, 1.54) is 32.1 Å². The standard InChI is InChI=1S/C17H31NO3/c1-2-3-4-5-6-7-8-10-14(19)13-17(21)18-15-11-9-12-16(15)20/h15-16,20H,2-13H2,1H3,(H,18,21)/t15?,16-/m0/s1. The predicted molar refractivity (Wildman–Crippen MR) is 84.0 cm³/mol. The molecule has 1 aliphatic rings. The maximum atomic E-state index is 11.7. The average Bonchev–Trinajstić information content (AvgIpc) is 2.83. The van der Waals surface area contributed by atoms with Gasteiger partial charge in [0.25, 0.3) is 0 Å². The summed E-state index contributed by atoms with van der Waals surface area (Å²) in [7, 11) is 0. The first-order valence-electron chi connectivity index (χ1n) is 8.62. The van der Waals surface area contributed by atoms with Crippen LogP contribution in [-0.4, -0.2) is 28.9 Å². The third kappa shape index (κ3) is 8.20. The first-order chi connectivity index (χ1) is 10.1. The highest BCUT2D eigenvalue weighted by atomic mass is 16.3. The van der Waals surface area contributed by atoms with Gasteiger partial charge in [-0.2, -0.15) is 0 Å². The average molecular weight is 297 g/mol. The first kappa shape index (κ1) is 18.1. The molecule has 0 saturated heterocycles. The third-order valence-corrected chi connectivity index (χ3v) is 4.24. The summed E-state index contributed by atoms with van der Waals surface area (Å²) in [6.45, 7) is 2.20. The number of Topliss-reactive ketones (excluding diaryl/α,β-unsaturated/α-hetero) is 1. The Hall–Kier alpha value is -0.900. The van der Waals surface area contributed by atoms with Crippen LogP contribution in [0.3, 0.4) is 0 Å². The molecule has 0 heterocycles. The quantitative estimate of drug-likeness (QED) is 0.455. The highest BCUT2D eigenvalue weighted by molar-refractivity contribution is 5.98. The van der Waals surface area contributed by atoms with Crippen molar-refractivity contribution in [2.75, 3.05) is 0 Å². The molecule has 2 N–H and O–H groups in total. The molecule has 0 bridgehead atoms. The van der Waals surface area contributed by atoms with E-state index in [-0.39, 0.29) is 24.2 Å². The van der Waals surface area contributed by atoms with Gasteiger partial charge in [-0.1, -0.05) is 45.4 Å². The summed E-state index contributed by atoms with van der Waals surface area (Å²) in [5.41, 5.74) is 0. The van der Waals surface area contributed by atoms with Gasteiger partial charge in [-0.15, -0.1) is 0 Å². The van der Waals surface area contributed by atoms with E-state index in [1.807, 2.05) is 0 Å². The number of nitrogens with one attached hydrogen (secondary N) is 1. The number of carbonyl (C=O) groups excluding carboxylic acids is 2. The molecule has 21 heavy (non-hydrogen) atoms. The second-order valence-electron chi connectivity index (χ2n) is 6.26. The maximum Gasteiger partial charge on any atom is 0.227 e. The first-order valence-corrected chi connectivity index (χ1v) is 8.62. The Morgan fingerprint density at radius 2 is 1.71 bits per heavy atom. The number of aliphatic hydroxyl groups is 1. The number of aliphatic hydroxyl groups excluding tert-OH is 1. The van der Waals surface area contributed by atoms with Gasteiger partial charge in [0.05, 0.1) is 18.6 Å². The minimum Gasteiger partial charge on any atom is -0.391 e. The van der Waals surface area contributed by atoms with Crippen LogP contribution in [0.5, 0.6) is 0 Å². The predicted octanol–water partition coefficient (Wildman–Crippen LogP) is 3.12. The van der Waals surface area contributed by atoms with Crippen LogP contribution in [0.15, 0.2) is 0 Å². The van der Waals surface area contributed by atoms with E-state index in [0.29, 0.717) is 6.42 Å². The fourth-order valence-electron chi connectivity index (χ4n) is 2.91. The fraction of sp³-hybridized carbons (Fsp3) is 0.882. The summed E-state index contributed by atoms with van der Waals surface area (Å²) in [4.78, 5) is 23.4. The highest BCUT2D eigenvalue weighted by Gasteiger charge is 2.26. The summed E-state index contributed by atoms with van der Waals surface area (Å²) in [5, 5.41) is 12.4. The molecule has 1 amide bonds. The molecule has 0 aromatic carbocycles. The number of hydrogen-bond acceptors (Lipinski definition) is 3. The largest absolute Gasteiger partial charge is 0.391 e. The molecule has 122 valence electrons. The van der Waals surface area contributed by atoms with Gasteiger partial charge >= 0.3 is 0 Å². The monoisotopic (exact) mass is 297 g/mol. The molecule has 1 unspecified atom stereocenters. The second kappa shape index (κ2) is 10.8. The molecule has 0 radical (unpaired) electrons. The minimum atomic E-state index is -0.438. The summed E-state index contributed by atoms with van der Waals surface area (Å²) in [6, 6.07) is -0.149. The number of hydrogen-bond donors (Lipinski definition) is 2. The van der Waals surface area contributed by atoms with Crippen LogP contribution in [0.4, 0.5) is 0 Å². The lowest BCUT2D eigenvalue weighted by atomic mass is 10.1. The lowest BCUT2D eigenvalue weighted by Crippen LogP contribution is -2.40. The Morgan fingerprint density at radius 1 is 1.05 bits per heavy atom. The molecule has 0 aliphatic heterocycles. The Balaban J connectivity index is 2.01. The Labute approximate surface area is 128 Å². The number of unbranched alkanes of at least 4 members (excludes halogenated alkanes) is 6. The van der Waals surface area contributed by atoms with Crippen molar-refractivity contribution in [3.63, 3.8) is 0 Å². The van der Waals surface area contributed by atoms with Gasteiger partial charge in [-0.05, 0) is 25.7 Å².